The fraction of sp³-hybridized carbons (Fsp3) is 0.750. The van der Waals surface area contributed by atoms with E-state index >= 15 is 0 Å². The van der Waals surface area contributed by atoms with E-state index in [2.05, 4.69) is 27.4 Å². The summed E-state index contributed by atoms with van der Waals surface area (Å²) in [7, 11) is 0. The average Bonchev–Trinajstić information content (AvgIpc) is 3.05. The molecule has 1 aliphatic carbocycles. The van der Waals surface area contributed by atoms with Gasteiger partial charge in [0.05, 0.1) is 18.3 Å². The zero-order chi connectivity index (χ0) is 10.8. The van der Waals surface area contributed by atoms with Crippen molar-refractivity contribution in [3.05, 3.63) is 18.0 Å². The van der Waals surface area contributed by atoms with Crippen molar-refractivity contribution in [2.45, 2.75) is 44.3 Å². The molecule has 88 valence electrons. The first-order chi connectivity index (χ1) is 7.92. The summed E-state index contributed by atoms with van der Waals surface area (Å²) in [5.74, 6) is 0. The number of hydrogen-bond donors (Lipinski definition) is 1. The van der Waals surface area contributed by atoms with Crippen LogP contribution in [0.2, 0.25) is 0 Å². The van der Waals surface area contributed by atoms with Gasteiger partial charge in [-0.1, -0.05) is 0 Å². The Kier molecular flexibility index (Phi) is 2.93. The molecule has 1 saturated carbocycles. The van der Waals surface area contributed by atoms with Crippen molar-refractivity contribution >= 4 is 0 Å². The SMILES string of the molecule is c1cn(C2CCCOC2)nc1CNC1CC1. The van der Waals surface area contributed by atoms with Crippen molar-refractivity contribution < 1.29 is 4.74 Å². The molecule has 3 rings (SSSR count). The molecule has 0 bridgehead atoms. The van der Waals surface area contributed by atoms with Crippen molar-refractivity contribution in [3.8, 4) is 0 Å². The highest BCUT2D eigenvalue weighted by Crippen LogP contribution is 2.20. The zero-order valence-electron chi connectivity index (χ0n) is 9.56. The molecule has 4 heteroatoms. The first-order valence-electron chi connectivity index (χ1n) is 6.27. The maximum Gasteiger partial charge on any atom is 0.0762 e. The van der Waals surface area contributed by atoms with Gasteiger partial charge in [-0.2, -0.15) is 5.10 Å². The molecule has 1 unspecified atom stereocenters. The fourth-order valence-electron chi connectivity index (χ4n) is 2.14. The van der Waals surface area contributed by atoms with Crippen LogP contribution in [0.4, 0.5) is 0 Å². The third kappa shape index (κ3) is 2.44. The lowest BCUT2D eigenvalue weighted by molar-refractivity contribution is 0.0548. The van der Waals surface area contributed by atoms with Crippen LogP contribution in [0.15, 0.2) is 12.3 Å². The van der Waals surface area contributed by atoms with Crippen LogP contribution in [-0.2, 0) is 11.3 Å². The van der Waals surface area contributed by atoms with E-state index < -0.39 is 0 Å². The average molecular weight is 221 g/mol. The Hall–Kier alpha value is -0.870. The van der Waals surface area contributed by atoms with Crippen LogP contribution in [0.1, 0.15) is 37.4 Å². The first kappa shape index (κ1) is 10.3. The van der Waals surface area contributed by atoms with Crippen molar-refractivity contribution in [1.82, 2.24) is 15.1 Å². The molecule has 0 aromatic carbocycles. The summed E-state index contributed by atoms with van der Waals surface area (Å²) in [5, 5.41) is 8.09. The van der Waals surface area contributed by atoms with Gasteiger partial charge in [0.25, 0.3) is 0 Å². The lowest BCUT2D eigenvalue weighted by atomic mass is 10.1. The van der Waals surface area contributed by atoms with Crippen LogP contribution in [0.5, 0.6) is 0 Å². The Labute approximate surface area is 96.0 Å². The molecule has 4 nitrogen and oxygen atoms in total. The van der Waals surface area contributed by atoms with E-state index in [0.29, 0.717) is 6.04 Å². The van der Waals surface area contributed by atoms with E-state index in [-0.39, 0.29) is 0 Å². The second-order valence-corrected chi connectivity index (χ2v) is 4.81. The van der Waals surface area contributed by atoms with Gasteiger partial charge in [-0.3, -0.25) is 4.68 Å². The molecule has 1 aliphatic heterocycles. The lowest BCUT2D eigenvalue weighted by Crippen LogP contribution is -2.22. The Bertz CT molecular complexity index is 340. The molecule has 16 heavy (non-hydrogen) atoms. The molecule has 1 atom stereocenters. The van der Waals surface area contributed by atoms with Gasteiger partial charge < -0.3 is 10.1 Å². The molecule has 0 radical (unpaired) electrons. The predicted octanol–water partition coefficient (Wildman–Crippen LogP) is 1.49. The number of hydrogen-bond acceptors (Lipinski definition) is 3. The monoisotopic (exact) mass is 221 g/mol. The topological polar surface area (TPSA) is 39.1 Å². The highest BCUT2D eigenvalue weighted by molar-refractivity contribution is 5.00. The molecule has 2 fully saturated rings. The van der Waals surface area contributed by atoms with Crippen molar-refractivity contribution in [3.63, 3.8) is 0 Å². The zero-order valence-corrected chi connectivity index (χ0v) is 9.56. The molecular formula is C12H19N3O. The Balaban J connectivity index is 1.57. The Morgan fingerprint density at radius 3 is 3.12 bits per heavy atom. The molecular weight excluding hydrogens is 202 g/mol. The number of nitrogens with zero attached hydrogens (tertiary/aromatic N) is 2. The minimum absolute atomic E-state index is 0.448. The fourth-order valence-corrected chi connectivity index (χ4v) is 2.14. The van der Waals surface area contributed by atoms with E-state index in [1.54, 1.807) is 0 Å². The molecule has 1 saturated heterocycles. The van der Waals surface area contributed by atoms with E-state index in [0.717, 1.165) is 37.9 Å². The highest BCUT2D eigenvalue weighted by Gasteiger charge is 2.21. The summed E-state index contributed by atoms with van der Waals surface area (Å²) >= 11 is 0. The van der Waals surface area contributed by atoms with Gasteiger partial charge in [0.2, 0.25) is 0 Å². The molecule has 1 aromatic rings. The van der Waals surface area contributed by atoms with E-state index in [4.69, 9.17) is 4.74 Å². The predicted molar refractivity (Wildman–Crippen MR) is 61.2 cm³/mol. The quantitative estimate of drug-likeness (QED) is 0.837. The van der Waals surface area contributed by atoms with Gasteiger partial charge in [0, 0.05) is 25.4 Å². The Morgan fingerprint density at radius 1 is 1.44 bits per heavy atom. The molecule has 0 amide bonds. The lowest BCUT2D eigenvalue weighted by Gasteiger charge is -2.22. The summed E-state index contributed by atoms with van der Waals surface area (Å²) < 4.78 is 7.55. The first-order valence-corrected chi connectivity index (χ1v) is 6.27. The minimum atomic E-state index is 0.448. The van der Waals surface area contributed by atoms with Gasteiger partial charge >= 0.3 is 0 Å². The summed E-state index contributed by atoms with van der Waals surface area (Å²) in [6.07, 6.45) is 7.09. The maximum atomic E-state index is 5.48. The van der Waals surface area contributed by atoms with Gasteiger partial charge in [0.15, 0.2) is 0 Å². The molecule has 0 spiro atoms. The second kappa shape index (κ2) is 4.55. The third-order valence-electron chi connectivity index (χ3n) is 3.32. The van der Waals surface area contributed by atoms with Crippen LogP contribution in [-0.4, -0.2) is 29.0 Å². The van der Waals surface area contributed by atoms with Gasteiger partial charge in [0.1, 0.15) is 0 Å². The number of rotatable bonds is 4. The number of nitrogens with one attached hydrogen (secondary N) is 1. The van der Waals surface area contributed by atoms with E-state index in [1.165, 1.54) is 19.3 Å². The summed E-state index contributed by atoms with van der Waals surface area (Å²) in [5.41, 5.74) is 1.15. The van der Waals surface area contributed by atoms with E-state index in [1.807, 2.05) is 0 Å². The maximum absolute atomic E-state index is 5.48. The number of aromatic nitrogens is 2. The van der Waals surface area contributed by atoms with Crippen LogP contribution in [0.3, 0.4) is 0 Å². The largest absolute Gasteiger partial charge is 0.379 e. The van der Waals surface area contributed by atoms with Gasteiger partial charge in [-0.05, 0) is 31.7 Å². The summed E-state index contributed by atoms with van der Waals surface area (Å²) in [6.45, 7) is 2.64. The van der Waals surface area contributed by atoms with Gasteiger partial charge in [-0.15, -0.1) is 0 Å². The molecule has 1 N–H and O–H groups in total. The normalized spacial score (nSPS) is 25.9. The van der Waals surface area contributed by atoms with Crippen LogP contribution >= 0.6 is 0 Å². The van der Waals surface area contributed by atoms with Crippen molar-refractivity contribution in [2.75, 3.05) is 13.2 Å². The molecule has 2 heterocycles. The minimum Gasteiger partial charge on any atom is -0.379 e. The molecule has 1 aromatic heterocycles. The summed E-state index contributed by atoms with van der Waals surface area (Å²) in [6, 6.07) is 3.32. The summed E-state index contributed by atoms with van der Waals surface area (Å²) in [4.78, 5) is 0. The van der Waals surface area contributed by atoms with Gasteiger partial charge in [-0.25, -0.2) is 0 Å². The smallest absolute Gasteiger partial charge is 0.0762 e. The third-order valence-corrected chi connectivity index (χ3v) is 3.32. The van der Waals surface area contributed by atoms with Crippen LogP contribution in [0, 0.1) is 0 Å². The molecule has 2 aliphatic rings. The van der Waals surface area contributed by atoms with Crippen LogP contribution < -0.4 is 5.32 Å². The highest BCUT2D eigenvalue weighted by atomic mass is 16.5. The van der Waals surface area contributed by atoms with Crippen molar-refractivity contribution in [1.29, 1.82) is 0 Å². The van der Waals surface area contributed by atoms with Crippen LogP contribution in [0.25, 0.3) is 0 Å². The van der Waals surface area contributed by atoms with Crippen molar-refractivity contribution in [2.24, 2.45) is 0 Å². The number of ether oxygens (including phenoxy) is 1. The standard InChI is InChI=1S/C12H19N3O/c1-2-12(9-16-7-1)15-6-5-11(14-15)8-13-10-3-4-10/h5-6,10,12-13H,1-4,7-9H2. The van der Waals surface area contributed by atoms with E-state index in [9.17, 15) is 0 Å². The second-order valence-electron chi connectivity index (χ2n) is 4.81. The Morgan fingerprint density at radius 2 is 2.38 bits per heavy atom.